The Hall–Kier alpha value is -1.29. The summed E-state index contributed by atoms with van der Waals surface area (Å²) in [5.74, 6) is 0.798. The van der Waals surface area contributed by atoms with Gasteiger partial charge in [-0.1, -0.05) is 19.3 Å². The summed E-state index contributed by atoms with van der Waals surface area (Å²) in [6.45, 7) is 0.379. The SMILES string of the molecule is O=C(CCc1ccco1)NCC1(O)CCCCC1. The molecular formula is C14H21NO3. The van der Waals surface area contributed by atoms with Gasteiger partial charge in [-0.2, -0.15) is 0 Å². The van der Waals surface area contributed by atoms with Crippen molar-refractivity contribution in [2.45, 2.75) is 50.5 Å². The van der Waals surface area contributed by atoms with E-state index in [-0.39, 0.29) is 5.91 Å². The summed E-state index contributed by atoms with van der Waals surface area (Å²) in [5.41, 5.74) is -0.682. The molecule has 0 radical (unpaired) electrons. The van der Waals surface area contributed by atoms with Crippen molar-refractivity contribution in [3.8, 4) is 0 Å². The second-order valence-corrected chi connectivity index (χ2v) is 5.14. The van der Waals surface area contributed by atoms with Crippen molar-refractivity contribution in [2.75, 3.05) is 6.54 Å². The van der Waals surface area contributed by atoms with Crippen LogP contribution in [0.4, 0.5) is 0 Å². The third-order valence-corrected chi connectivity index (χ3v) is 3.58. The van der Waals surface area contributed by atoms with Crippen molar-refractivity contribution in [1.82, 2.24) is 5.32 Å². The summed E-state index contributed by atoms with van der Waals surface area (Å²) in [6.07, 6.45) is 7.52. The van der Waals surface area contributed by atoms with Gasteiger partial charge in [-0.05, 0) is 25.0 Å². The lowest BCUT2D eigenvalue weighted by molar-refractivity contribution is -0.122. The first-order chi connectivity index (χ1) is 8.68. The number of carbonyl (C=O) groups is 1. The molecule has 4 heteroatoms. The molecule has 1 aliphatic rings. The quantitative estimate of drug-likeness (QED) is 0.841. The Morgan fingerprint density at radius 1 is 1.39 bits per heavy atom. The highest BCUT2D eigenvalue weighted by molar-refractivity contribution is 5.76. The predicted octanol–water partition coefficient (Wildman–Crippen LogP) is 2.02. The molecule has 2 rings (SSSR count). The van der Waals surface area contributed by atoms with Crippen molar-refractivity contribution in [2.24, 2.45) is 0 Å². The molecule has 0 bridgehead atoms. The molecule has 2 N–H and O–H groups in total. The fraction of sp³-hybridized carbons (Fsp3) is 0.643. The second kappa shape index (κ2) is 6.05. The smallest absolute Gasteiger partial charge is 0.220 e. The van der Waals surface area contributed by atoms with Gasteiger partial charge in [0.05, 0.1) is 11.9 Å². The van der Waals surface area contributed by atoms with Crippen LogP contribution in [0, 0.1) is 0 Å². The number of amides is 1. The van der Waals surface area contributed by atoms with Crippen LogP contribution in [-0.2, 0) is 11.2 Å². The van der Waals surface area contributed by atoms with E-state index >= 15 is 0 Å². The molecule has 0 spiro atoms. The zero-order valence-electron chi connectivity index (χ0n) is 10.7. The number of nitrogens with one attached hydrogen (secondary N) is 1. The highest BCUT2D eigenvalue weighted by Crippen LogP contribution is 2.27. The van der Waals surface area contributed by atoms with Crippen LogP contribution in [0.3, 0.4) is 0 Å². The number of hydrogen-bond donors (Lipinski definition) is 2. The summed E-state index contributed by atoms with van der Waals surface area (Å²) in [7, 11) is 0. The maximum atomic E-state index is 11.7. The summed E-state index contributed by atoms with van der Waals surface area (Å²) in [4.78, 5) is 11.7. The molecule has 1 amide bonds. The monoisotopic (exact) mass is 251 g/mol. The van der Waals surface area contributed by atoms with Gasteiger partial charge in [0, 0.05) is 19.4 Å². The van der Waals surface area contributed by atoms with Gasteiger partial charge in [0.25, 0.3) is 0 Å². The number of aryl methyl sites for hydroxylation is 1. The highest BCUT2D eigenvalue weighted by atomic mass is 16.3. The Labute approximate surface area is 107 Å². The van der Waals surface area contributed by atoms with Gasteiger partial charge in [0.15, 0.2) is 0 Å². The van der Waals surface area contributed by atoms with E-state index in [0.29, 0.717) is 19.4 Å². The number of hydrogen-bond acceptors (Lipinski definition) is 3. The normalized spacial score (nSPS) is 18.5. The third kappa shape index (κ3) is 3.88. The molecule has 1 heterocycles. The molecule has 0 atom stereocenters. The Balaban J connectivity index is 1.68. The lowest BCUT2D eigenvalue weighted by Crippen LogP contribution is -2.44. The highest BCUT2D eigenvalue weighted by Gasteiger charge is 2.29. The summed E-state index contributed by atoms with van der Waals surface area (Å²) >= 11 is 0. The van der Waals surface area contributed by atoms with Crippen molar-refractivity contribution >= 4 is 5.91 Å². The predicted molar refractivity (Wildman–Crippen MR) is 68.1 cm³/mol. The number of furan rings is 1. The molecule has 1 aromatic rings. The van der Waals surface area contributed by atoms with Crippen molar-refractivity contribution in [1.29, 1.82) is 0 Å². The minimum Gasteiger partial charge on any atom is -0.469 e. The zero-order valence-corrected chi connectivity index (χ0v) is 10.7. The van der Waals surface area contributed by atoms with Crippen LogP contribution in [0.5, 0.6) is 0 Å². The van der Waals surface area contributed by atoms with Gasteiger partial charge in [-0.3, -0.25) is 4.79 Å². The summed E-state index contributed by atoms with van der Waals surface area (Å²) < 4.78 is 5.17. The standard InChI is InChI=1S/C14H21NO3/c16-13(7-6-12-5-4-10-18-12)15-11-14(17)8-2-1-3-9-14/h4-5,10,17H,1-3,6-9,11H2,(H,15,16). The Morgan fingerprint density at radius 2 is 2.17 bits per heavy atom. The first kappa shape index (κ1) is 13.1. The third-order valence-electron chi connectivity index (χ3n) is 3.58. The average Bonchev–Trinajstić information content (AvgIpc) is 2.88. The fourth-order valence-electron chi connectivity index (χ4n) is 2.43. The minimum atomic E-state index is -0.682. The van der Waals surface area contributed by atoms with Gasteiger partial charge in [0.2, 0.25) is 5.91 Å². The Morgan fingerprint density at radius 3 is 2.83 bits per heavy atom. The first-order valence-electron chi connectivity index (χ1n) is 6.69. The zero-order chi connectivity index (χ0) is 12.8. The lowest BCUT2D eigenvalue weighted by Gasteiger charge is -2.32. The van der Waals surface area contributed by atoms with E-state index in [1.54, 1.807) is 6.26 Å². The van der Waals surface area contributed by atoms with Crippen LogP contribution in [0.1, 0.15) is 44.3 Å². The molecule has 0 aliphatic heterocycles. The van der Waals surface area contributed by atoms with Gasteiger partial charge >= 0.3 is 0 Å². The van der Waals surface area contributed by atoms with Gasteiger partial charge in [-0.25, -0.2) is 0 Å². The average molecular weight is 251 g/mol. The Kier molecular flexibility index (Phi) is 4.42. The van der Waals surface area contributed by atoms with Crippen molar-refractivity contribution in [3.05, 3.63) is 24.2 Å². The van der Waals surface area contributed by atoms with E-state index in [9.17, 15) is 9.90 Å². The van der Waals surface area contributed by atoms with Crippen LogP contribution in [0.2, 0.25) is 0 Å². The fourth-order valence-corrected chi connectivity index (χ4v) is 2.43. The van der Waals surface area contributed by atoms with Crippen LogP contribution in [0.15, 0.2) is 22.8 Å². The van der Waals surface area contributed by atoms with Gasteiger partial charge in [-0.15, -0.1) is 0 Å². The van der Waals surface area contributed by atoms with E-state index in [1.165, 1.54) is 6.42 Å². The van der Waals surface area contributed by atoms with E-state index < -0.39 is 5.60 Å². The van der Waals surface area contributed by atoms with Crippen LogP contribution in [0.25, 0.3) is 0 Å². The molecule has 18 heavy (non-hydrogen) atoms. The largest absolute Gasteiger partial charge is 0.469 e. The number of rotatable bonds is 5. The van der Waals surface area contributed by atoms with Crippen LogP contribution in [-0.4, -0.2) is 23.2 Å². The molecule has 4 nitrogen and oxygen atoms in total. The topological polar surface area (TPSA) is 62.5 Å². The molecule has 1 saturated carbocycles. The van der Waals surface area contributed by atoms with E-state index in [4.69, 9.17) is 4.42 Å². The minimum absolute atomic E-state index is 0.0228. The van der Waals surface area contributed by atoms with E-state index in [2.05, 4.69) is 5.32 Å². The van der Waals surface area contributed by atoms with Crippen LogP contribution >= 0.6 is 0 Å². The van der Waals surface area contributed by atoms with Gasteiger partial charge < -0.3 is 14.8 Å². The second-order valence-electron chi connectivity index (χ2n) is 5.14. The maximum absolute atomic E-state index is 11.7. The molecule has 0 unspecified atom stereocenters. The summed E-state index contributed by atoms with van der Waals surface area (Å²) in [6, 6.07) is 3.68. The Bertz CT molecular complexity index is 366. The van der Waals surface area contributed by atoms with E-state index in [0.717, 1.165) is 31.4 Å². The lowest BCUT2D eigenvalue weighted by atomic mass is 9.85. The molecule has 1 aliphatic carbocycles. The van der Waals surface area contributed by atoms with Crippen molar-refractivity contribution in [3.63, 3.8) is 0 Å². The summed E-state index contributed by atoms with van der Waals surface area (Å²) in [5, 5.41) is 13.1. The molecule has 0 saturated heterocycles. The molecular weight excluding hydrogens is 230 g/mol. The van der Waals surface area contributed by atoms with Crippen LogP contribution < -0.4 is 5.32 Å². The van der Waals surface area contributed by atoms with E-state index in [1.807, 2.05) is 12.1 Å². The maximum Gasteiger partial charge on any atom is 0.220 e. The number of aliphatic hydroxyl groups is 1. The van der Waals surface area contributed by atoms with Gasteiger partial charge in [0.1, 0.15) is 5.76 Å². The van der Waals surface area contributed by atoms with Crippen molar-refractivity contribution < 1.29 is 14.3 Å². The molecule has 0 aromatic carbocycles. The first-order valence-corrected chi connectivity index (χ1v) is 6.69. The molecule has 1 fully saturated rings. The molecule has 100 valence electrons. The molecule has 1 aromatic heterocycles. The number of carbonyl (C=O) groups excluding carboxylic acids is 1.